The van der Waals surface area contributed by atoms with Crippen LogP contribution >= 0.6 is 11.3 Å². The minimum atomic E-state index is 0.368. The normalized spacial score (nSPS) is 15.1. The number of hydrogen-bond acceptors (Lipinski definition) is 4. The molecule has 4 rings (SSSR count). The zero-order chi connectivity index (χ0) is 17.9. The number of hydrogen-bond donors (Lipinski definition) is 2. The van der Waals surface area contributed by atoms with Gasteiger partial charge in [-0.05, 0) is 31.9 Å². The Morgan fingerprint density at radius 3 is 2.81 bits per heavy atom. The van der Waals surface area contributed by atoms with Gasteiger partial charge in [0.05, 0.1) is 11.2 Å². The molecular weight excluding hydrogens is 342 g/mol. The molecule has 26 heavy (non-hydrogen) atoms. The number of benzene rings is 1. The van der Waals surface area contributed by atoms with Crippen molar-refractivity contribution < 1.29 is 0 Å². The Morgan fingerprint density at radius 1 is 1.23 bits per heavy atom. The lowest BCUT2D eigenvalue weighted by atomic mass is 9.96. The van der Waals surface area contributed by atoms with Crippen molar-refractivity contribution in [1.82, 2.24) is 15.3 Å². The molecular formula is C20H23N5S. The standard InChI is InChI=1S/C20H23N5S/c1-14-13-18(16-9-5-6-10-17(16)23-14)25(20-22-11-12-26-20)19(21)24-15-7-3-2-4-8-15/h5-6,9-13,15H,2-4,7-8H2,1H3,(H2,21,24). The number of rotatable bonds is 3. The maximum atomic E-state index is 8.80. The van der Waals surface area contributed by atoms with Crippen molar-refractivity contribution in [3.05, 3.63) is 47.6 Å². The molecule has 2 heterocycles. The first-order valence-corrected chi connectivity index (χ1v) is 10.0. The van der Waals surface area contributed by atoms with Gasteiger partial charge in [0.25, 0.3) is 0 Å². The Bertz CT molecular complexity index is 900. The monoisotopic (exact) mass is 365 g/mol. The summed E-state index contributed by atoms with van der Waals surface area (Å²) in [6.45, 7) is 1.99. The van der Waals surface area contributed by atoms with E-state index in [9.17, 15) is 0 Å². The van der Waals surface area contributed by atoms with Crippen molar-refractivity contribution in [3.63, 3.8) is 0 Å². The van der Waals surface area contributed by atoms with Gasteiger partial charge in [-0.15, -0.1) is 11.3 Å². The molecule has 134 valence electrons. The maximum Gasteiger partial charge on any atom is 0.202 e. The summed E-state index contributed by atoms with van der Waals surface area (Å²) in [6.07, 6.45) is 7.82. The fourth-order valence-corrected chi connectivity index (χ4v) is 4.28. The molecule has 1 aromatic carbocycles. The van der Waals surface area contributed by atoms with Gasteiger partial charge in [-0.1, -0.05) is 37.5 Å². The lowest BCUT2D eigenvalue weighted by Gasteiger charge is -2.30. The number of nitrogens with one attached hydrogen (secondary N) is 2. The van der Waals surface area contributed by atoms with Gasteiger partial charge in [0.2, 0.25) is 5.96 Å². The predicted octanol–water partition coefficient (Wildman–Crippen LogP) is 4.99. The average molecular weight is 366 g/mol. The smallest absolute Gasteiger partial charge is 0.202 e. The first-order chi connectivity index (χ1) is 12.7. The van der Waals surface area contributed by atoms with Crippen LogP contribution in [-0.4, -0.2) is 22.0 Å². The van der Waals surface area contributed by atoms with Crippen LogP contribution in [0.1, 0.15) is 37.8 Å². The van der Waals surface area contributed by atoms with E-state index in [2.05, 4.69) is 21.4 Å². The van der Waals surface area contributed by atoms with Crippen LogP contribution in [0.4, 0.5) is 10.8 Å². The number of aromatic nitrogens is 2. The van der Waals surface area contributed by atoms with E-state index in [0.717, 1.165) is 40.3 Å². The van der Waals surface area contributed by atoms with E-state index in [1.54, 1.807) is 17.5 Å². The number of pyridine rings is 1. The molecule has 1 fully saturated rings. The van der Waals surface area contributed by atoms with Crippen LogP contribution < -0.4 is 10.2 Å². The minimum Gasteiger partial charge on any atom is -0.353 e. The van der Waals surface area contributed by atoms with Crippen molar-refractivity contribution in [3.8, 4) is 0 Å². The lowest BCUT2D eigenvalue weighted by molar-refractivity contribution is 0.412. The highest BCUT2D eigenvalue weighted by molar-refractivity contribution is 7.13. The summed E-state index contributed by atoms with van der Waals surface area (Å²) in [5.41, 5.74) is 2.83. The van der Waals surface area contributed by atoms with Crippen LogP contribution in [0.5, 0.6) is 0 Å². The molecule has 0 atom stereocenters. The molecule has 2 N–H and O–H groups in total. The third-order valence-electron chi connectivity index (χ3n) is 4.84. The second kappa shape index (κ2) is 7.41. The Labute approximate surface area is 157 Å². The fraction of sp³-hybridized carbons (Fsp3) is 0.350. The Morgan fingerprint density at radius 2 is 2.04 bits per heavy atom. The molecule has 5 nitrogen and oxygen atoms in total. The van der Waals surface area contributed by atoms with Crippen LogP contribution in [0.3, 0.4) is 0 Å². The first kappa shape index (κ1) is 17.0. The number of para-hydroxylation sites is 1. The molecule has 0 aliphatic heterocycles. The molecule has 2 aromatic heterocycles. The highest BCUT2D eigenvalue weighted by Gasteiger charge is 2.23. The number of nitrogens with zero attached hydrogens (tertiary/aromatic N) is 3. The quantitative estimate of drug-likeness (QED) is 0.507. The second-order valence-electron chi connectivity index (χ2n) is 6.78. The Hall–Kier alpha value is -2.47. The number of fused-ring (bicyclic) bond motifs is 1. The lowest BCUT2D eigenvalue weighted by Crippen LogP contribution is -2.44. The zero-order valence-corrected chi connectivity index (χ0v) is 15.7. The SMILES string of the molecule is Cc1cc(N(C(=N)NC2CCCCC2)c2nccs2)c2ccccc2n1. The second-order valence-corrected chi connectivity index (χ2v) is 7.65. The van der Waals surface area contributed by atoms with E-state index >= 15 is 0 Å². The van der Waals surface area contributed by atoms with Gasteiger partial charge in [-0.3, -0.25) is 15.3 Å². The molecule has 6 heteroatoms. The molecule has 0 spiro atoms. The van der Waals surface area contributed by atoms with E-state index < -0.39 is 0 Å². The van der Waals surface area contributed by atoms with E-state index in [0.29, 0.717) is 12.0 Å². The van der Waals surface area contributed by atoms with Crippen LogP contribution in [0, 0.1) is 12.3 Å². The topological polar surface area (TPSA) is 64.9 Å². The van der Waals surface area contributed by atoms with Crippen molar-refractivity contribution >= 4 is 39.0 Å². The van der Waals surface area contributed by atoms with E-state index in [1.807, 2.05) is 41.5 Å². The zero-order valence-electron chi connectivity index (χ0n) is 14.9. The minimum absolute atomic E-state index is 0.368. The average Bonchev–Trinajstić information content (AvgIpc) is 3.17. The summed E-state index contributed by atoms with van der Waals surface area (Å²) in [6, 6.07) is 10.5. The van der Waals surface area contributed by atoms with Crippen molar-refractivity contribution in [2.45, 2.75) is 45.1 Å². The van der Waals surface area contributed by atoms with E-state index in [-0.39, 0.29) is 0 Å². The van der Waals surface area contributed by atoms with Crippen LogP contribution in [0.25, 0.3) is 10.9 Å². The van der Waals surface area contributed by atoms with Gasteiger partial charge >= 0.3 is 0 Å². The highest BCUT2D eigenvalue weighted by Crippen LogP contribution is 2.33. The molecule has 0 radical (unpaired) electrons. The summed E-state index contributed by atoms with van der Waals surface area (Å²) in [5, 5.41) is 16.0. The highest BCUT2D eigenvalue weighted by atomic mass is 32.1. The Balaban J connectivity index is 1.76. The predicted molar refractivity (Wildman–Crippen MR) is 108 cm³/mol. The summed E-state index contributed by atoms with van der Waals surface area (Å²) < 4.78 is 0. The van der Waals surface area contributed by atoms with Crippen LogP contribution in [0.2, 0.25) is 0 Å². The summed E-state index contributed by atoms with van der Waals surface area (Å²) in [4.78, 5) is 11.1. The summed E-state index contributed by atoms with van der Waals surface area (Å²) in [7, 11) is 0. The molecule has 0 bridgehead atoms. The van der Waals surface area contributed by atoms with Gasteiger partial charge in [0.15, 0.2) is 5.13 Å². The number of guanidine groups is 1. The van der Waals surface area contributed by atoms with Crippen molar-refractivity contribution in [2.75, 3.05) is 4.90 Å². The molecule has 1 aliphatic rings. The number of thiazole rings is 1. The molecule has 0 saturated heterocycles. The molecule has 0 amide bonds. The van der Waals surface area contributed by atoms with Crippen molar-refractivity contribution in [2.24, 2.45) is 0 Å². The van der Waals surface area contributed by atoms with Gasteiger partial charge in [0, 0.05) is 28.7 Å². The molecule has 1 aliphatic carbocycles. The number of aryl methyl sites for hydroxylation is 1. The Kier molecular flexibility index (Phi) is 4.84. The molecule has 1 saturated carbocycles. The first-order valence-electron chi connectivity index (χ1n) is 9.13. The maximum absolute atomic E-state index is 8.80. The third kappa shape index (κ3) is 3.42. The van der Waals surface area contributed by atoms with Crippen LogP contribution in [-0.2, 0) is 0 Å². The fourth-order valence-electron chi connectivity index (χ4n) is 3.62. The molecule has 3 aromatic rings. The van der Waals surface area contributed by atoms with Crippen molar-refractivity contribution in [1.29, 1.82) is 5.41 Å². The van der Waals surface area contributed by atoms with Gasteiger partial charge in [-0.25, -0.2) is 4.98 Å². The van der Waals surface area contributed by atoms with E-state index in [1.165, 1.54) is 19.3 Å². The molecule has 0 unspecified atom stereocenters. The van der Waals surface area contributed by atoms with E-state index in [4.69, 9.17) is 5.41 Å². The van der Waals surface area contributed by atoms with Gasteiger partial charge < -0.3 is 5.32 Å². The largest absolute Gasteiger partial charge is 0.353 e. The van der Waals surface area contributed by atoms with Gasteiger partial charge in [0.1, 0.15) is 0 Å². The summed E-state index contributed by atoms with van der Waals surface area (Å²) >= 11 is 1.54. The van der Waals surface area contributed by atoms with Gasteiger partial charge in [-0.2, -0.15) is 0 Å². The van der Waals surface area contributed by atoms with Crippen LogP contribution in [0.15, 0.2) is 41.9 Å². The third-order valence-corrected chi connectivity index (χ3v) is 5.60. The number of anilines is 2. The summed E-state index contributed by atoms with van der Waals surface area (Å²) in [5.74, 6) is 0.391.